The number of pyridine rings is 1. The van der Waals surface area contributed by atoms with E-state index in [-0.39, 0.29) is 5.56 Å². The summed E-state index contributed by atoms with van der Waals surface area (Å²) in [5.41, 5.74) is 4.45. The van der Waals surface area contributed by atoms with E-state index >= 15 is 0 Å². The number of aromatic nitrogens is 1. The van der Waals surface area contributed by atoms with Crippen molar-refractivity contribution in [1.29, 1.82) is 0 Å². The van der Waals surface area contributed by atoms with Gasteiger partial charge in [0.15, 0.2) is 0 Å². The molecule has 4 heterocycles. The zero-order chi connectivity index (χ0) is 25.3. The number of fused-ring (bicyclic) bond motifs is 4. The van der Waals surface area contributed by atoms with Crippen molar-refractivity contribution >= 4 is 72.1 Å². The van der Waals surface area contributed by atoms with E-state index in [1.165, 1.54) is 47.1 Å². The molecule has 180 valence electrons. The number of aromatic amines is 1. The van der Waals surface area contributed by atoms with Crippen LogP contribution in [0.25, 0.3) is 41.2 Å². The summed E-state index contributed by atoms with van der Waals surface area (Å²) < 4.78 is 2.44. The summed E-state index contributed by atoms with van der Waals surface area (Å²) in [6.07, 6.45) is 0. The number of benzene rings is 3. The predicted molar refractivity (Wildman–Crippen MR) is 154 cm³/mol. The van der Waals surface area contributed by atoms with E-state index < -0.39 is 11.5 Å². The Kier molecular flexibility index (Phi) is 5.04. The monoisotopic (exact) mass is 538 g/mol. The summed E-state index contributed by atoms with van der Waals surface area (Å²) in [6, 6.07) is 26.8. The standard InChI is InChI=1S/C29H18N2O3S3/c1-31-20-4-2-3-5-22(20)35-25-12-16(7-9-21(25)31)24-14-27-26(37-24)13-23(36-27)15-6-8-19-17(10-15)11-18(29(33)34)28(32)30-19/h2-14H,1H3,(H,30,32)(H,33,34). The molecule has 0 unspecified atom stereocenters. The molecule has 1 aliphatic heterocycles. The minimum Gasteiger partial charge on any atom is -0.477 e. The van der Waals surface area contributed by atoms with Crippen LogP contribution in [0.1, 0.15) is 10.4 Å². The Balaban J connectivity index is 1.23. The van der Waals surface area contributed by atoms with Crippen LogP contribution in [-0.4, -0.2) is 23.1 Å². The molecule has 37 heavy (non-hydrogen) atoms. The Morgan fingerprint density at radius 3 is 2.24 bits per heavy atom. The van der Waals surface area contributed by atoms with Crippen LogP contribution in [0.4, 0.5) is 11.4 Å². The van der Waals surface area contributed by atoms with Gasteiger partial charge >= 0.3 is 5.97 Å². The number of hydrogen-bond acceptors (Lipinski definition) is 6. The highest BCUT2D eigenvalue weighted by Crippen LogP contribution is 2.49. The number of carbonyl (C=O) groups is 1. The van der Waals surface area contributed by atoms with Gasteiger partial charge in [-0.15, -0.1) is 22.7 Å². The van der Waals surface area contributed by atoms with Crippen LogP contribution in [0.3, 0.4) is 0 Å². The van der Waals surface area contributed by atoms with E-state index in [1.807, 2.05) is 30.0 Å². The maximum Gasteiger partial charge on any atom is 0.341 e. The number of hydrogen-bond donors (Lipinski definition) is 2. The van der Waals surface area contributed by atoms with Crippen LogP contribution in [0, 0.1) is 0 Å². The van der Waals surface area contributed by atoms with Gasteiger partial charge in [0.2, 0.25) is 0 Å². The number of carboxylic acids is 1. The maximum absolute atomic E-state index is 12.0. The molecular formula is C29H18N2O3S3. The normalized spacial score (nSPS) is 12.6. The average molecular weight is 539 g/mol. The van der Waals surface area contributed by atoms with Crippen molar-refractivity contribution in [3.8, 4) is 20.9 Å². The molecule has 5 nitrogen and oxygen atoms in total. The molecule has 3 aromatic carbocycles. The Morgan fingerprint density at radius 1 is 0.811 bits per heavy atom. The summed E-state index contributed by atoms with van der Waals surface area (Å²) in [5, 5.41) is 10.00. The number of carboxylic acid groups (broad SMARTS) is 1. The SMILES string of the molecule is CN1c2ccccc2Sc2cc(-c3cc4sc(-c5ccc6[nH]c(=O)c(C(=O)O)cc6c5)cc4s3)ccc21. The molecule has 0 saturated heterocycles. The number of rotatable bonds is 3. The fourth-order valence-electron chi connectivity index (χ4n) is 4.73. The highest BCUT2D eigenvalue weighted by atomic mass is 32.2. The third kappa shape index (κ3) is 3.68. The van der Waals surface area contributed by atoms with E-state index in [0.29, 0.717) is 10.9 Å². The first kappa shape index (κ1) is 22.4. The van der Waals surface area contributed by atoms with Crippen LogP contribution in [0.2, 0.25) is 0 Å². The molecule has 0 aliphatic carbocycles. The topological polar surface area (TPSA) is 73.4 Å². The van der Waals surface area contributed by atoms with Gasteiger partial charge in [0.1, 0.15) is 5.56 Å². The summed E-state index contributed by atoms with van der Waals surface area (Å²) >= 11 is 5.31. The van der Waals surface area contributed by atoms with Crippen LogP contribution in [0.5, 0.6) is 0 Å². The molecule has 0 radical (unpaired) electrons. The summed E-state index contributed by atoms with van der Waals surface area (Å²) in [4.78, 5) is 33.1. The van der Waals surface area contributed by atoms with Crippen molar-refractivity contribution < 1.29 is 9.90 Å². The van der Waals surface area contributed by atoms with Gasteiger partial charge in [0, 0.05) is 41.5 Å². The highest BCUT2D eigenvalue weighted by molar-refractivity contribution is 7.99. The number of nitrogens with zero attached hydrogens (tertiary/aromatic N) is 1. The Morgan fingerprint density at radius 2 is 1.49 bits per heavy atom. The lowest BCUT2D eigenvalue weighted by atomic mass is 10.1. The van der Waals surface area contributed by atoms with Crippen molar-refractivity contribution in [3.63, 3.8) is 0 Å². The van der Waals surface area contributed by atoms with Crippen LogP contribution in [0.15, 0.2) is 93.4 Å². The maximum atomic E-state index is 12.0. The third-order valence-corrected chi connectivity index (χ3v) is 10.1. The van der Waals surface area contributed by atoms with E-state index in [1.54, 1.807) is 22.7 Å². The number of H-pyrrole nitrogens is 1. The predicted octanol–water partition coefficient (Wildman–Crippen LogP) is 8.07. The summed E-state index contributed by atoms with van der Waals surface area (Å²) in [5.74, 6) is -1.23. The Bertz CT molecular complexity index is 1920. The number of aromatic carboxylic acids is 1. The quantitative estimate of drug-likeness (QED) is 0.238. The number of anilines is 2. The van der Waals surface area contributed by atoms with E-state index in [4.69, 9.17) is 0 Å². The molecule has 7 rings (SSSR count). The van der Waals surface area contributed by atoms with E-state index in [9.17, 15) is 14.7 Å². The first-order valence-electron chi connectivity index (χ1n) is 11.5. The van der Waals surface area contributed by atoms with Crippen molar-refractivity contribution in [1.82, 2.24) is 4.98 Å². The molecule has 0 bridgehead atoms. The molecule has 0 fully saturated rings. The largest absolute Gasteiger partial charge is 0.477 e. The first-order valence-corrected chi connectivity index (χ1v) is 14.0. The fourth-order valence-corrected chi connectivity index (χ4v) is 8.31. The fraction of sp³-hybridized carbons (Fsp3) is 0.0345. The second-order valence-electron chi connectivity index (χ2n) is 8.88. The zero-order valence-electron chi connectivity index (χ0n) is 19.4. The van der Waals surface area contributed by atoms with Crippen molar-refractivity contribution in [2.75, 3.05) is 11.9 Å². The van der Waals surface area contributed by atoms with Crippen LogP contribution < -0.4 is 10.5 Å². The number of thiophene rings is 2. The van der Waals surface area contributed by atoms with E-state index in [0.717, 1.165) is 10.4 Å². The Hall–Kier alpha value is -3.85. The van der Waals surface area contributed by atoms with Gasteiger partial charge in [-0.05, 0) is 71.1 Å². The van der Waals surface area contributed by atoms with Gasteiger partial charge in [0.25, 0.3) is 5.56 Å². The molecule has 0 amide bonds. The van der Waals surface area contributed by atoms with Gasteiger partial charge in [-0.2, -0.15) is 0 Å². The average Bonchev–Trinajstić information content (AvgIpc) is 3.48. The second kappa shape index (κ2) is 8.34. The number of nitrogens with one attached hydrogen (secondary N) is 1. The van der Waals surface area contributed by atoms with Gasteiger partial charge in [-0.3, -0.25) is 4.79 Å². The van der Waals surface area contributed by atoms with Gasteiger partial charge < -0.3 is 15.0 Å². The van der Waals surface area contributed by atoms with E-state index in [2.05, 4.69) is 71.5 Å². The van der Waals surface area contributed by atoms with Gasteiger partial charge in [-0.25, -0.2) is 4.79 Å². The van der Waals surface area contributed by atoms with Crippen molar-refractivity contribution in [2.24, 2.45) is 0 Å². The highest BCUT2D eigenvalue weighted by Gasteiger charge is 2.21. The minimum absolute atomic E-state index is 0.251. The zero-order valence-corrected chi connectivity index (χ0v) is 21.9. The number of para-hydroxylation sites is 1. The Labute approximate surface area is 223 Å². The molecular weight excluding hydrogens is 521 g/mol. The lowest BCUT2D eigenvalue weighted by Crippen LogP contribution is -2.16. The molecule has 2 N–H and O–H groups in total. The molecule has 0 spiro atoms. The van der Waals surface area contributed by atoms with Crippen LogP contribution in [-0.2, 0) is 0 Å². The lowest BCUT2D eigenvalue weighted by Gasteiger charge is -2.29. The first-order chi connectivity index (χ1) is 17.9. The second-order valence-corrected chi connectivity index (χ2v) is 12.1. The molecule has 0 saturated carbocycles. The molecule has 0 atom stereocenters. The molecule has 6 aromatic rings. The van der Waals surface area contributed by atoms with Gasteiger partial charge in [-0.1, -0.05) is 36.0 Å². The molecule has 3 aromatic heterocycles. The van der Waals surface area contributed by atoms with Crippen molar-refractivity contribution in [3.05, 3.63) is 94.8 Å². The molecule has 8 heteroatoms. The van der Waals surface area contributed by atoms with Crippen LogP contribution >= 0.6 is 34.4 Å². The minimum atomic E-state index is -1.23. The smallest absolute Gasteiger partial charge is 0.341 e. The van der Waals surface area contributed by atoms with Gasteiger partial charge in [0.05, 0.1) is 11.4 Å². The van der Waals surface area contributed by atoms with Crippen molar-refractivity contribution in [2.45, 2.75) is 9.79 Å². The summed E-state index contributed by atoms with van der Waals surface area (Å²) in [6.45, 7) is 0. The lowest BCUT2D eigenvalue weighted by molar-refractivity contribution is 0.0695. The molecule has 1 aliphatic rings. The third-order valence-electron chi connectivity index (χ3n) is 6.62. The summed E-state index contributed by atoms with van der Waals surface area (Å²) in [7, 11) is 2.12.